The first kappa shape index (κ1) is 15.0. The molecule has 0 bridgehead atoms. The number of nitrogens with one attached hydrogen (secondary N) is 1. The Bertz CT molecular complexity index is 604. The van der Waals surface area contributed by atoms with Gasteiger partial charge >= 0.3 is 0 Å². The molecule has 0 aliphatic rings. The van der Waals surface area contributed by atoms with Crippen molar-refractivity contribution in [3.05, 3.63) is 69.2 Å². The molecule has 0 saturated heterocycles. The minimum Gasteiger partial charge on any atom is -0.350 e. The SMILES string of the molecule is NC(CNC(=O)c1ccc(Br)c(Cl)c1)c1ccccc1. The largest absolute Gasteiger partial charge is 0.350 e. The Morgan fingerprint density at radius 1 is 1.25 bits per heavy atom. The van der Waals surface area contributed by atoms with Crippen LogP contribution in [0.15, 0.2) is 53.0 Å². The van der Waals surface area contributed by atoms with E-state index in [0.29, 0.717) is 17.1 Å². The Balaban J connectivity index is 1.97. The second-order valence-electron chi connectivity index (χ2n) is 4.36. The summed E-state index contributed by atoms with van der Waals surface area (Å²) in [6.07, 6.45) is 0. The average Bonchev–Trinajstić information content (AvgIpc) is 2.48. The van der Waals surface area contributed by atoms with Crippen LogP contribution in [-0.2, 0) is 0 Å². The molecule has 104 valence electrons. The van der Waals surface area contributed by atoms with Crippen LogP contribution in [0.1, 0.15) is 22.0 Å². The van der Waals surface area contributed by atoms with E-state index < -0.39 is 0 Å². The molecule has 0 aliphatic heterocycles. The van der Waals surface area contributed by atoms with Gasteiger partial charge in [0.2, 0.25) is 0 Å². The van der Waals surface area contributed by atoms with Gasteiger partial charge in [0.25, 0.3) is 5.91 Å². The van der Waals surface area contributed by atoms with E-state index in [1.807, 2.05) is 30.3 Å². The highest BCUT2D eigenvalue weighted by Crippen LogP contribution is 2.23. The molecule has 1 amide bonds. The third-order valence-corrected chi connectivity index (χ3v) is 4.12. The fourth-order valence-corrected chi connectivity index (χ4v) is 2.19. The number of rotatable bonds is 4. The van der Waals surface area contributed by atoms with Gasteiger partial charge < -0.3 is 11.1 Å². The Labute approximate surface area is 131 Å². The molecule has 3 N–H and O–H groups in total. The predicted octanol–water partition coefficient (Wildman–Crippen LogP) is 3.53. The number of nitrogens with two attached hydrogens (primary N) is 1. The summed E-state index contributed by atoms with van der Waals surface area (Å²) in [6, 6.07) is 14.5. The van der Waals surface area contributed by atoms with Crippen LogP contribution in [0.4, 0.5) is 0 Å². The van der Waals surface area contributed by atoms with Crippen molar-refractivity contribution < 1.29 is 4.79 Å². The lowest BCUT2D eigenvalue weighted by atomic mass is 10.1. The third-order valence-electron chi connectivity index (χ3n) is 2.89. The van der Waals surface area contributed by atoms with Crippen molar-refractivity contribution in [2.24, 2.45) is 5.73 Å². The Kier molecular flexibility index (Phi) is 5.17. The van der Waals surface area contributed by atoms with Crippen molar-refractivity contribution in [3.8, 4) is 0 Å². The molecule has 0 heterocycles. The Morgan fingerprint density at radius 2 is 1.95 bits per heavy atom. The van der Waals surface area contributed by atoms with E-state index in [4.69, 9.17) is 17.3 Å². The van der Waals surface area contributed by atoms with Gasteiger partial charge in [0.15, 0.2) is 0 Å². The number of hydrogen-bond donors (Lipinski definition) is 2. The molecule has 20 heavy (non-hydrogen) atoms. The maximum Gasteiger partial charge on any atom is 0.251 e. The van der Waals surface area contributed by atoms with Gasteiger partial charge in [-0.2, -0.15) is 0 Å². The maximum atomic E-state index is 12.0. The zero-order chi connectivity index (χ0) is 14.5. The fraction of sp³-hybridized carbons (Fsp3) is 0.133. The molecule has 0 radical (unpaired) electrons. The zero-order valence-corrected chi connectivity index (χ0v) is 13.0. The number of halogens is 2. The summed E-state index contributed by atoms with van der Waals surface area (Å²) in [4.78, 5) is 12.0. The molecule has 0 fully saturated rings. The minimum atomic E-state index is -0.230. The summed E-state index contributed by atoms with van der Waals surface area (Å²) < 4.78 is 0.761. The topological polar surface area (TPSA) is 55.1 Å². The van der Waals surface area contributed by atoms with E-state index in [9.17, 15) is 4.79 Å². The van der Waals surface area contributed by atoms with E-state index in [-0.39, 0.29) is 11.9 Å². The van der Waals surface area contributed by atoms with E-state index >= 15 is 0 Å². The quantitative estimate of drug-likeness (QED) is 0.883. The molecular formula is C15H14BrClN2O. The van der Waals surface area contributed by atoms with Crippen LogP contribution in [0.5, 0.6) is 0 Å². The molecule has 2 rings (SSSR count). The second-order valence-corrected chi connectivity index (χ2v) is 5.62. The van der Waals surface area contributed by atoms with Crippen LogP contribution >= 0.6 is 27.5 Å². The number of benzene rings is 2. The number of carbonyl (C=O) groups is 1. The van der Waals surface area contributed by atoms with Crippen molar-refractivity contribution >= 4 is 33.4 Å². The van der Waals surface area contributed by atoms with Gasteiger partial charge in [0.05, 0.1) is 5.02 Å². The van der Waals surface area contributed by atoms with Gasteiger partial charge in [-0.05, 0) is 39.7 Å². The number of amides is 1. The average molecular weight is 354 g/mol. The molecule has 3 nitrogen and oxygen atoms in total. The molecule has 5 heteroatoms. The lowest BCUT2D eigenvalue weighted by Crippen LogP contribution is -2.31. The molecule has 2 aromatic rings. The van der Waals surface area contributed by atoms with Gasteiger partial charge in [-0.15, -0.1) is 0 Å². The predicted molar refractivity (Wildman–Crippen MR) is 84.9 cm³/mol. The summed E-state index contributed by atoms with van der Waals surface area (Å²) in [7, 11) is 0. The Hall–Kier alpha value is -1.36. The summed E-state index contributed by atoms with van der Waals surface area (Å²) >= 11 is 9.25. The summed E-state index contributed by atoms with van der Waals surface area (Å²) in [6.45, 7) is 0.372. The molecule has 0 spiro atoms. The molecule has 0 saturated carbocycles. The van der Waals surface area contributed by atoms with Crippen molar-refractivity contribution in [1.82, 2.24) is 5.32 Å². The highest BCUT2D eigenvalue weighted by Gasteiger charge is 2.10. The molecule has 1 atom stereocenters. The van der Waals surface area contributed by atoms with Crippen LogP contribution in [0, 0.1) is 0 Å². The highest BCUT2D eigenvalue weighted by molar-refractivity contribution is 9.10. The highest BCUT2D eigenvalue weighted by atomic mass is 79.9. The lowest BCUT2D eigenvalue weighted by molar-refractivity contribution is 0.0951. The number of hydrogen-bond acceptors (Lipinski definition) is 2. The summed E-state index contributed by atoms with van der Waals surface area (Å²) in [5, 5.41) is 3.31. The Morgan fingerprint density at radius 3 is 2.60 bits per heavy atom. The molecule has 0 aromatic heterocycles. The van der Waals surface area contributed by atoms with E-state index in [2.05, 4.69) is 21.2 Å². The zero-order valence-electron chi connectivity index (χ0n) is 10.6. The number of carbonyl (C=O) groups excluding carboxylic acids is 1. The van der Waals surface area contributed by atoms with E-state index in [0.717, 1.165) is 10.0 Å². The van der Waals surface area contributed by atoms with Crippen molar-refractivity contribution in [1.29, 1.82) is 0 Å². The van der Waals surface area contributed by atoms with Crippen LogP contribution in [0.25, 0.3) is 0 Å². The van der Waals surface area contributed by atoms with Crippen molar-refractivity contribution in [2.75, 3.05) is 6.54 Å². The fourth-order valence-electron chi connectivity index (χ4n) is 1.76. The molecule has 1 unspecified atom stereocenters. The summed E-state index contributed by atoms with van der Waals surface area (Å²) in [5.41, 5.74) is 7.53. The van der Waals surface area contributed by atoms with E-state index in [1.54, 1.807) is 18.2 Å². The van der Waals surface area contributed by atoms with Gasteiger partial charge in [-0.25, -0.2) is 0 Å². The van der Waals surface area contributed by atoms with Crippen LogP contribution in [0.3, 0.4) is 0 Å². The molecule has 2 aromatic carbocycles. The van der Waals surface area contributed by atoms with Gasteiger partial charge in [-0.3, -0.25) is 4.79 Å². The van der Waals surface area contributed by atoms with Gasteiger partial charge in [0, 0.05) is 22.6 Å². The minimum absolute atomic E-state index is 0.189. The summed E-state index contributed by atoms with van der Waals surface area (Å²) in [5.74, 6) is -0.189. The smallest absolute Gasteiger partial charge is 0.251 e. The first-order valence-corrected chi connectivity index (χ1v) is 7.29. The van der Waals surface area contributed by atoms with Crippen molar-refractivity contribution in [3.63, 3.8) is 0 Å². The first-order valence-electron chi connectivity index (χ1n) is 6.11. The first-order chi connectivity index (χ1) is 9.58. The third kappa shape index (κ3) is 3.82. The monoisotopic (exact) mass is 352 g/mol. The lowest BCUT2D eigenvalue weighted by Gasteiger charge is -2.13. The molecular weight excluding hydrogens is 340 g/mol. The second kappa shape index (κ2) is 6.88. The van der Waals surface area contributed by atoms with Crippen LogP contribution in [-0.4, -0.2) is 12.5 Å². The van der Waals surface area contributed by atoms with Crippen LogP contribution in [0.2, 0.25) is 5.02 Å². The van der Waals surface area contributed by atoms with Crippen molar-refractivity contribution in [2.45, 2.75) is 6.04 Å². The molecule has 0 aliphatic carbocycles. The van der Waals surface area contributed by atoms with Crippen LogP contribution < -0.4 is 11.1 Å². The van der Waals surface area contributed by atoms with E-state index in [1.165, 1.54) is 0 Å². The van der Waals surface area contributed by atoms with Gasteiger partial charge in [-0.1, -0.05) is 41.9 Å². The van der Waals surface area contributed by atoms with Gasteiger partial charge in [0.1, 0.15) is 0 Å². The standard InChI is InChI=1S/C15H14BrClN2O/c16-12-7-6-11(8-13(12)17)15(20)19-9-14(18)10-4-2-1-3-5-10/h1-8,14H,9,18H2,(H,19,20). The maximum absolute atomic E-state index is 12.0. The normalized spacial score (nSPS) is 11.9.